The van der Waals surface area contributed by atoms with Gasteiger partial charge in [0, 0.05) is 18.1 Å². The summed E-state index contributed by atoms with van der Waals surface area (Å²) >= 11 is 0. The van der Waals surface area contributed by atoms with E-state index < -0.39 is 0 Å². The summed E-state index contributed by atoms with van der Waals surface area (Å²) in [5.74, 6) is 0. The fraction of sp³-hybridized carbons (Fsp3) is 1.00. The van der Waals surface area contributed by atoms with Gasteiger partial charge in [-0.2, -0.15) is 0 Å². The molecule has 2 nitrogen and oxygen atoms in total. The van der Waals surface area contributed by atoms with Gasteiger partial charge in [-0.15, -0.1) is 0 Å². The Kier molecular flexibility index (Phi) is 4.58. The van der Waals surface area contributed by atoms with Crippen LogP contribution in [0, 0.1) is 0 Å². The topological polar surface area (TPSA) is 15.3 Å². The van der Waals surface area contributed by atoms with Crippen LogP contribution in [0.25, 0.3) is 0 Å². The van der Waals surface area contributed by atoms with E-state index in [0.717, 1.165) is 18.1 Å². The zero-order valence-corrected chi connectivity index (χ0v) is 11.9. The van der Waals surface area contributed by atoms with Gasteiger partial charge in [0.1, 0.15) is 0 Å². The van der Waals surface area contributed by atoms with Gasteiger partial charge < -0.3 is 10.2 Å². The monoisotopic (exact) mass is 250 g/mol. The Hall–Kier alpha value is -0.0800. The lowest BCUT2D eigenvalue weighted by Crippen LogP contribution is -2.48. The van der Waals surface area contributed by atoms with Gasteiger partial charge in [0.2, 0.25) is 0 Å². The zero-order chi connectivity index (χ0) is 12.2. The van der Waals surface area contributed by atoms with E-state index in [2.05, 4.69) is 10.2 Å². The molecule has 1 aliphatic carbocycles. The Balaban J connectivity index is 1.46. The Morgan fingerprint density at radius 3 is 2.28 bits per heavy atom. The van der Waals surface area contributed by atoms with Crippen LogP contribution in [0.5, 0.6) is 0 Å². The fourth-order valence-electron chi connectivity index (χ4n) is 4.33. The van der Waals surface area contributed by atoms with E-state index in [1.165, 1.54) is 83.7 Å². The Labute approximate surface area is 113 Å². The van der Waals surface area contributed by atoms with Crippen molar-refractivity contribution in [1.29, 1.82) is 0 Å². The summed E-state index contributed by atoms with van der Waals surface area (Å²) in [6, 6.07) is 2.59. The highest BCUT2D eigenvalue weighted by molar-refractivity contribution is 4.90. The van der Waals surface area contributed by atoms with Gasteiger partial charge in [-0.1, -0.05) is 32.1 Å². The highest BCUT2D eigenvalue weighted by atomic mass is 15.2. The van der Waals surface area contributed by atoms with Crippen LogP contribution in [0.15, 0.2) is 0 Å². The third-order valence-corrected chi connectivity index (χ3v) is 5.40. The first-order valence-corrected chi connectivity index (χ1v) is 8.42. The summed E-state index contributed by atoms with van der Waals surface area (Å²) in [7, 11) is 0. The molecule has 0 amide bonds. The van der Waals surface area contributed by atoms with Gasteiger partial charge in [0.05, 0.1) is 0 Å². The summed E-state index contributed by atoms with van der Waals surface area (Å²) in [5.41, 5.74) is 0. The van der Waals surface area contributed by atoms with Crippen LogP contribution in [-0.2, 0) is 0 Å². The van der Waals surface area contributed by atoms with E-state index in [1.54, 1.807) is 0 Å². The third-order valence-electron chi connectivity index (χ3n) is 5.40. The first kappa shape index (κ1) is 12.9. The lowest BCUT2D eigenvalue weighted by molar-refractivity contribution is 0.157. The van der Waals surface area contributed by atoms with Crippen LogP contribution < -0.4 is 5.32 Å². The largest absolute Gasteiger partial charge is 0.311 e. The van der Waals surface area contributed by atoms with Crippen LogP contribution in [-0.4, -0.2) is 36.1 Å². The lowest BCUT2D eigenvalue weighted by Gasteiger charge is -2.37. The second-order valence-electron chi connectivity index (χ2n) is 6.76. The second-order valence-corrected chi connectivity index (χ2v) is 6.76. The highest BCUT2D eigenvalue weighted by Gasteiger charge is 2.32. The molecule has 104 valence electrons. The normalized spacial score (nSPS) is 36.0. The van der Waals surface area contributed by atoms with E-state index >= 15 is 0 Å². The average Bonchev–Trinajstić information content (AvgIpc) is 2.79. The molecule has 0 radical (unpaired) electrons. The molecule has 2 heteroatoms. The molecular weight excluding hydrogens is 220 g/mol. The molecule has 3 aliphatic rings. The minimum atomic E-state index is 0.828. The molecule has 1 saturated carbocycles. The quantitative estimate of drug-likeness (QED) is 0.809. The predicted octanol–water partition coefficient (Wildman–Crippen LogP) is 3.32. The Morgan fingerprint density at radius 2 is 1.44 bits per heavy atom. The van der Waals surface area contributed by atoms with Crippen molar-refractivity contribution in [2.75, 3.05) is 13.1 Å². The van der Waals surface area contributed by atoms with Crippen molar-refractivity contribution in [2.24, 2.45) is 0 Å². The minimum Gasteiger partial charge on any atom is -0.311 e. The van der Waals surface area contributed by atoms with Crippen molar-refractivity contribution in [1.82, 2.24) is 10.2 Å². The van der Waals surface area contributed by atoms with Crippen LogP contribution in [0.2, 0.25) is 0 Å². The van der Waals surface area contributed by atoms with Crippen molar-refractivity contribution in [2.45, 2.75) is 88.8 Å². The van der Waals surface area contributed by atoms with E-state index in [0.29, 0.717) is 0 Å². The molecule has 2 unspecified atom stereocenters. The van der Waals surface area contributed by atoms with Gasteiger partial charge in [-0.3, -0.25) is 0 Å². The van der Waals surface area contributed by atoms with E-state index in [4.69, 9.17) is 0 Å². The first-order chi connectivity index (χ1) is 8.92. The molecule has 2 heterocycles. The Bertz CT molecular complexity index is 245. The molecule has 18 heavy (non-hydrogen) atoms. The molecule has 1 N–H and O–H groups in total. The number of fused-ring (bicyclic) bond motifs is 1. The van der Waals surface area contributed by atoms with Gasteiger partial charge >= 0.3 is 0 Å². The molecule has 2 aliphatic heterocycles. The van der Waals surface area contributed by atoms with Gasteiger partial charge in [0.25, 0.3) is 0 Å². The molecular formula is C16H30N2. The molecule has 3 rings (SSSR count). The summed E-state index contributed by atoms with van der Waals surface area (Å²) < 4.78 is 0. The summed E-state index contributed by atoms with van der Waals surface area (Å²) in [4.78, 5) is 2.73. The SMILES string of the molecule is C1CCCC(NC2CCN3CCCC3C2)CCC1. The maximum Gasteiger partial charge on any atom is 0.0111 e. The standard InChI is InChI=1S/C16H30N2/c1-2-4-7-14(8-5-3-1)17-15-10-12-18-11-6-9-16(18)13-15/h14-17H,1-13H2. The maximum atomic E-state index is 4.01. The zero-order valence-electron chi connectivity index (χ0n) is 11.9. The van der Waals surface area contributed by atoms with Crippen molar-refractivity contribution in [3.63, 3.8) is 0 Å². The van der Waals surface area contributed by atoms with Crippen LogP contribution in [0.1, 0.15) is 70.6 Å². The highest BCUT2D eigenvalue weighted by Crippen LogP contribution is 2.28. The number of hydrogen-bond donors (Lipinski definition) is 1. The van der Waals surface area contributed by atoms with Crippen LogP contribution >= 0.6 is 0 Å². The van der Waals surface area contributed by atoms with E-state index in [9.17, 15) is 0 Å². The Morgan fingerprint density at radius 1 is 0.667 bits per heavy atom. The molecule has 0 spiro atoms. The smallest absolute Gasteiger partial charge is 0.0111 e. The molecule has 2 saturated heterocycles. The second kappa shape index (κ2) is 6.38. The van der Waals surface area contributed by atoms with Gasteiger partial charge in [-0.05, 0) is 51.6 Å². The number of hydrogen-bond acceptors (Lipinski definition) is 2. The van der Waals surface area contributed by atoms with Crippen molar-refractivity contribution in [3.8, 4) is 0 Å². The van der Waals surface area contributed by atoms with Crippen molar-refractivity contribution >= 4 is 0 Å². The van der Waals surface area contributed by atoms with Gasteiger partial charge in [0.15, 0.2) is 0 Å². The molecule has 0 aromatic heterocycles. The number of nitrogens with zero attached hydrogens (tertiary/aromatic N) is 1. The van der Waals surface area contributed by atoms with Crippen LogP contribution in [0.4, 0.5) is 0 Å². The van der Waals surface area contributed by atoms with Crippen molar-refractivity contribution in [3.05, 3.63) is 0 Å². The summed E-state index contributed by atoms with van der Waals surface area (Å²) in [6.45, 7) is 2.73. The molecule has 3 fully saturated rings. The maximum absolute atomic E-state index is 4.01. The third kappa shape index (κ3) is 3.27. The molecule has 0 bridgehead atoms. The number of nitrogens with one attached hydrogen (secondary N) is 1. The molecule has 2 atom stereocenters. The summed E-state index contributed by atoms with van der Waals surface area (Å²) in [5, 5.41) is 4.01. The van der Waals surface area contributed by atoms with Crippen molar-refractivity contribution < 1.29 is 0 Å². The number of piperidine rings is 1. The predicted molar refractivity (Wildman–Crippen MR) is 76.9 cm³/mol. The fourth-order valence-corrected chi connectivity index (χ4v) is 4.33. The average molecular weight is 250 g/mol. The minimum absolute atomic E-state index is 0.828. The summed E-state index contributed by atoms with van der Waals surface area (Å²) in [6.07, 6.45) is 15.9. The van der Waals surface area contributed by atoms with Gasteiger partial charge in [-0.25, -0.2) is 0 Å². The molecule has 0 aromatic carbocycles. The van der Waals surface area contributed by atoms with E-state index in [-0.39, 0.29) is 0 Å². The first-order valence-electron chi connectivity index (χ1n) is 8.42. The molecule has 0 aromatic rings. The van der Waals surface area contributed by atoms with E-state index in [1.807, 2.05) is 0 Å². The van der Waals surface area contributed by atoms with Crippen LogP contribution in [0.3, 0.4) is 0 Å². The number of rotatable bonds is 2. The lowest BCUT2D eigenvalue weighted by atomic mass is 9.93.